The van der Waals surface area contributed by atoms with Crippen LogP contribution in [0.25, 0.3) is 0 Å². The standard InChI is InChI=1S/C13H19N3O/c1-16(2)12-6-4-11(5-7-12)13(10-14)15-8-9-17-3/h4-7,13,15H,8-9H2,1-3H3. The summed E-state index contributed by atoms with van der Waals surface area (Å²) in [6.45, 7) is 1.28. The average Bonchev–Trinajstić information content (AvgIpc) is 2.35. The zero-order valence-corrected chi connectivity index (χ0v) is 10.6. The van der Waals surface area contributed by atoms with Crippen molar-refractivity contribution in [3.8, 4) is 6.07 Å². The summed E-state index contributed by atoms with van der Waals surface area (Å²) in [7, 11) is 5.64. The summed E-state index contributed by atoms with van der Waals surface area (Å²) in [5, 5.41) is 12.2. The maximum atomic E-state index is 9.09. The third kappa shape index (κ3) is 4.06. The number of hydrogen-bond donors (Lipinski definition) is 1. The Labute approximate surface area is 103 Å². The second-order valence-electron chi connectivity index (χ2n) is 3.99. The molecule has 0 fully saturated rings. The molecule has 0 spiro atoms. The maximum absolute atomic E-state index is 9.09. The molecule has 0 heterocycles. The van der Waals surface area contributed by atoms with Crippen molar-refractivity contribution in [1.82, 2.24) is 5.32 Å². The summed E-state index contributed by atoms with van der Waals surface area (Å²) >= 11 is 0. The van der Waals surface area contributed by atoms with E-state index in [2.05, 4.69) is 11.4 Å². The predicted molar refractivity (Wildman–Crippen MR) is 69.0 cm³/mol. The molecule has 1 unspecified atom stereocenters. The van der Waals surface area contributed by atoms with Crippen molar-refractivity contribution in [2.75, 3.05) is 39.3 Å². The molecule has 92 valence electrons. The lowest BCUT2D eigenvalue weighted by Crippen LogP contribution is -2.24. The van der Waals surface area contributed by atoms with Crippen LogP contribution >= 0.6 is 0 Å². The fourth-order valence-corrected chi connectivity index (χ4v) is 1.51. The van der Waals surface area contributed by atoms with Gasteiger partial charge in [-0.2, -0.15) is 5.26 Å². The van der Waals surface area contributed by atoms with Crippen LogP contribution in [0.4, 0.5) is 5.69 Å². The van der Waals surface area contributed by atoms with Crippen LogP contribution in [0.2, 0.25) is 0 Å². The molecule has 0 saturated carbocycles. The first-order valence-corrected chi connectivity index (χ1v) is 5.58. The lowest BCUT2D eigenvalue weighted by atomic mass is 10.1. The molecule has 1 N–H and O–H groups in total. The number of hydrogen-bond acceptors (Lipinski definition) is 4. The van der Waals surface area contributed by atoms with Crippen molar-refractivity contribution in [1.29, 1.82) is 5.26 Å². The van der Waals surface area contributed by atoms with Crippen LogP contribution < -0.4 is 10.2 Å². The van der Waals surface area contributed by atoms with Gasteiger partial charge in [-0.05, 0) is 17.7 Å². The summed E-state index contributed by atoms with van der Waals surface area (Å²) in [6, 6.07) is 9.94. The van der Waals surface area contributed by atoms with E-state index in [1.807, 2.05) is 43.3 Å². The Morgan fingerprint density at radius 3 is 2.47 bits per heavy atom. The smallest absolute Gasteiger partial charge is 0.121 e. The summed E-state index contributed by atoms with van der Waals surface area (Å²) < 4.78 is 4.94. The van der Waals surface area contributed by atoms with E-state index in [0.717, 1.165) is 11.3 Å². The van der Waals surface area contributed by atoms with E-state index >= 15 is 0 Å². The van der Waals surface area contributed by atoms with E-state index in [1.54, 1.807) is 7.11 Å². The van der Waals surface area contributed by atoms with Crippen molar-refractivity contribution in [3.63, 3.8) is 0 Å². The minimum atomic E-state index is -0.277. The second-order valence-corrected chi connectivity index (χ2v) is 3.99. The van der Waals surface area contributed by atoms with E-state index in [4.69, 9.17) is 10.00 Å². The third-order valence-corrected chi connectivity index (χ3v) is 2.53. The van der Waals surface area contributed by atoms with Gasteiger partial charge in [0.15, 0.2) is 0 Å². The van der Waals surface area contributed by atoms with E-state index in [1.165, 1.54) is 0 Å². The highest BCUT2D eigenvalue weighted by Crippen LogP contribution is 2.17. The quantitative estimate of drug-likeness (QED) is 0.757. The molecule has 1 rings (SSSR count). The van der Waals surface area contributed by atoms with E-state index in [9.17, 15) is 0 Å². The molecule has 0 amide bonds. The van der Waals surface area contributed by atoms with Gasteiger partial charge in [0.2, 0.25) is 0 Å². The van der Waals surface area contributed by atoms with E-state index in [-0.39, 0.29) is 6.04 Å². The molecule has 0 aliphatic heterocycles. The number of ether oxygens (including phenoxy) is 1. The van der Waals surface area contributed by atoms with Crippen LogP contribution in [0.15, 0.2) is 24.3 Å². The van der Waals surface area contributed by atoms with Crippen molar-refractivity contribution in [2.24, 2.45) is 0 Å². The molecule has 1 aromatic carbocycles. The normalized spacial score (nSPS) is 11.9. The lowest BCUT2D eigenvalue weighted by Gasteiger charge is -2.15. The Morgan fingerprint density at radius 2 is 2.00 bits per heavy atom. The summed E-state index contributed by atoms with van der Waals surface area (Å²) in [5.74, 6) is 0. The minimum absolute atomic E-state index is 0.277. The van der Waals surface area contributed by atoms with Crippen molar-refractivity contribution in [3.05, 3.63) is 29.8 Å². The van der Waals surface area contributed by atoms with Gasteiger partial charge in [-0.3, -0.25) is 5.32 Å². The van der Waals surface area contributed by atoms with Crippen LogP contribution in [0.5, 0.6) is 0 Å². The Kier molecular flexibility index (Phi) is 5.47. The van der Waals surface area contributed by atoms with Gasteiger partial charge in [-0.1, -0.05) is 12.1 Å². The van der Waals surface area contributed by atoms with Crippen LogP contribution in [0.1, 0.15) is 11.6 Å². The van der Waals surface area contributed by atoms with Gasteiger partial charge in [0.05, 0.1) is 12.7 Å². The first-order chi connectivity index (χ1) is 8.19. The summed E-state index contributed by atoms with van der Waals surface area (Å²) in [4.78, 5) is 2.03. The van der Waals surface area contributed by atoms with Crippen molar-refractivity contribution < 1.29 is 4.74 Å². The van der Waals surface area contributed by atoms with Crippen LogP contribution in [-0.2, 0) is 4.74 Å². The second kappa shape index (κ2) is 6.89. The molecule has 0 radical (unpaired) electrons. The van der Waals surface area contributed by atoms with Gasteiger partial charge >= 0.3 is 0 Å². The molecule has 17 heavy (non-hydrogen) atoms. The third-order valence-electron chi connectivity index (χ3n) is 2.53. The number of nitriles is 1. The molecule has 0 bridgehead atoms. The predicted octanol–water partition coefficient (Wildman–Crippen LogP) is 1.55. The Bertz CT molecular complexity index is 367. The Morgan fingerprint density at radius 1 is 1.35 bits per heavy atom. The fourth-order valence-electron chi connectivity index (χ4n) is 1.51. The average molecular weight is 233 g/mol. The summed E-state index contributed by atoms with van der Waals surface area (Å²) in [6.07, 6.45) is 0. The molecule has 4 nitrogen and oxygen atoms in total. The van der Waals surface area contributed by atoms with Crippen molar-refractivity contribution in [2.45, 2.75) is 6.04 Å². The number of methoxy groups -OCH3 is 1. The van der Waals surface area contributed by atoms with Gasteiger partial charge in [-0.15, -0.1) is 0 Å². The van der Waals surface area contributed by atoms with Gasteiger partial charge < -0.3 is 9.64 Å². The number of benzene rings is 1. The van der Waals surface area contributed by atoms with Gasteiger partial charge in [0, 0.05) is 33.4 Å². The van der Waals surface area contributed by atoms with E-state index < -0.39 is 0 Å². The van der Waals surface area contributed by atoms with E-state index in [0.29, 0.717) is 13.2 Å². The van der Waals surface area contributed by atoms with Crippen LogP contribution in [-0.4, -0.2) is 34.4 Å². The zero-order valence-electron chi connectivity index (χ0n) is 10.6. The first-order valence-electron chi connectivity index (χ1n) is 5.58. The largest absolute Gasteiger partial charge is 0.383 e. The molecule has 0 aromatic heterocycles. The molecule has 0 aliphatic carbocycles. The highest BCUT2D eigenvalue weighted by atomic mass is 16.5. The molecular weight excluding hydrogens is 214 g/mol. The van der Waals surface area contributed by atoms with Gasteiger partial charge in [0.25, 0.3) is 0 Å². The zero-order chi connectivity index (χ0) is 12.7. The van der Waals surface area contributed by atoms with Crippen molar-refractivity contribution >= 4 is 5.69 Å². The Balaban J connectivity index is 2.66. The molecule has 0 aliphatic rings. The molecular formula is C13H19N3O. The lowest BCUT2D eigenvalue weighted by molar-refractivity contribution is 0.198. The molecule has 1 atom stereocenters. The molecule has 1 aromatic rings. The van der Waals surface area contributed by atoms with Gasteiger partial charge in [-0.25, -0.2) is 0 Å². The monoisotopic (exact) mass is 233 g/mol. The molecule has 0 saturated heterocycles. The highest BCUT2D eigenvalue weighted by Gasteiger charge is 2.09. The maximum Gasteiger partial charge on any atom is 0.121 e. The Hall–Kier alpha value is -1.57. The topological polar surface area (TPSA) is 48.3 Å². The van der Waals surface area contributed by atoms with Crippen LogP contribution in [0.3, 0.4) is 0 Å². The number of nitrogens with one attached hydrogen (secondary N) is 1. The molecule has 4 heteroatoms. The summed E-state index contributed by atoms with van der Waals surface area (Å²) in [5.41, 5.74) is 2.11. The SMILES string of the molecule is COCCNC(C#N)c1ccc(N(C)C)cc1. The van der Waals surface area contributed by atoms with Crippen LogP contribution in [0, 0.1) is 11.3 Å². The van der Waals surface area contributed by atoms with Gasteiger partial charge in [0.1, 0.15) is 6.04 Å². The highest BCUT2D eigenvalue weighted by molar-refractivity contribution is 5.47. The number of anilines is 1. The number of nitrogens with zero attached hydrogens (tertiary/aromatic N) is 2. The first kappa shape index (κ1) is 13.5. The number of rotatable bonds is 6. The minimum Gasteiger partial charge on any atom is -0.383 e. The fraction of sp³-hybridized carbons (Fsp3) is 0.462.